The van der Waals surface area contributed by atoms with Crippen LogP contribution in [0.2, 0.25) is 0 Å². The summed E-state index contributed by atoms with van der Waals surface area (Å²) in [7, 11) is 0. The Morgan fingerprint density at radius 2 is 1.82 bits per heavy atom. The number of piperidine rings is 1. The molecule has 1 unspecified atom stereocenters. The van der Waals surface area contributed by atoms with E-state index >= 15 is 0 Å². The van der Waals surface area contributed by atoms with Crippen LogP contribution >= 0.6 is 0 Å². The van der Waals surface area contributed by atoms with Gasteiger partial charge in [0.15, 0.2) is 0 Å². The van der Waals surface area contributed by atoms with Crippen LogP contribution in [0.1, 0.15) is 28.8 Å². The van der Waals surface area contributed by atoms with Crippen molar-refractivity contribution < 1.29 is 19.1 Å². The van der Waals surface area contributed by atoms with Gasteiger partial charge in [0.2, 0.25) is 11.8 Å². The second-order valence-electron chi connectivity index (χ2n) is 8.92. The van der Waals surface area contributed by atoms with Crippen molar-refractivity contribution in [3.05, 3.63) is 59.7 Å². The van der Waals surface area contributed by atoms with Gasteiger partial charge in [0.1, 0.15) is 11.9 Å². The van der Waals surface area contributed by atoms with Crippen LogP contribution in [-0.2, 0) is 20.9 Å². The lowest BCUT2D eigenvalue weighted by Gasteiger charge is -2.29. The minimum atomic E-state index is -0.621. The number of imide groups is 1. The first-order chi connectivity index (χ1) is 16.6. The molecule has 8 nitrogen and oxygen atoms in total. The Balaban J connectivity index is 1.38. The number of fused-ring (bicyclic) bond motifs is 2. The zero-order valence-corrected chi connectivity index (χ0v) is 18.6. The van der Waals surface area contributed by atoms with Gasteiger partial charge in [-0.2, -0.15) is 0 Å². The maximum atomic E-state index is 13.1. The minimum absolute atomic E-state index is 0.170. The summed E-state index contributed by atoms with van der Waals surface area (Å²) in [6.45, 7) is 3.30. The molecule has 34 heavy (non-hydrogen) atoms. The van der Waals surface area contributed by atoms with Crippen LogP contribution in [0.25, 0.3) is 22.0 Å². The van der Waals surface area contributed by atoms with Gasteiger partial charge in [-0.3, -0.25) is 19.7 Å². The van der Waals surface area contributed by atoms with Gasteiger partial charge >= 0.3 is 0 Å². The molecule has 1 aromatic heterocycles. The lowest BCUT2D eigenvalue weighted by molar-refractivity contribution is -0.136. The maximum absolute atomic E-state index is 13.1. The van der Waals surface area contributed by atoms with Crippen LogP contribution in [0.3, 0.4) is 0 Å². The number of ether oxygens (including phenoxy) is 1. The largest absolute Gasteiger partial charge is 0.378 e. The Morgan fingerprint density at radius 3 is 2.65 bits per heavy atom. The van der Waals surface area contributed by atoms with Gasteiger partial charge in [0.25, 0.3) is 5.91 Å². The molecule has 0 spiro atoms. The lowest BCUT2D eigenvalue weighted by Crippen LogP contribution is -2.52. The molecule has 0 bridgehead atoms. The van der Waals surface area contributed by atoms with E-state index in [1.165, 1.54) is 0 Å². The van der Waals surface area contributed by atoms with Crippen LogP contribution in [0.5, 0.6) is 0 Å². The Bertz CT molecular complexity index is 1330. The second-order valence-corrected chi connectivity index (χ2v) is 8.92. The normalized spacial score (nSPS) is 20.6. The molecule has 1 atom stereocenters. The molecule has 3 amide bonds. The summed E-state index contributed by atoms with van der Waals surface area (Å²) in [5.41, 5.74) is 3.27. The summed E-state index contributed by atoms with van der Waals surface area (Å²) in [4.78, 5) is 45.8. The Hall–Kier alpha value is -3.78. The number of morpholine rings is 1. The highest BCUT2D eigenvalue weighted by atomic mass is 16.5. The third-order valence-corrected chi connectivity index (χ3v) is 6.86. The van der Waals surface area contributed by atoms with E-state index in [0.717, 1.165) is 46.5 Å². The van der Waals surface area contributed by atoms with Crippen molar-refractivity contribution in [1.82, 2.24) is 15.2 Å². The first-order valence-corrected chi connectivity index (χ1v) is 11.6. The summed E-state index contributed by atoms with van der Waals surface area (Å²) in [5.74, 6) is 0.0592. The average molecular weight is 457 g/mol. The van der Waals surface area contributed by atoms with E-state index in [-0.39, 0.29) is 18.2 Å². The fourth-order valence-corrected chi connectivity index (χ4v) is 5.08. The number of rotatable bonds is 3. The first-order valence-electron chi connectivity index (χ1n) is 11.6. The van der Waals surface area contributed by atoms with E-state index in [9.17, 15) is 14.4 Å². The second kappa shape index (κ2) is 8.22. The van der Waals surface area contributed by atoms with E-state index in [1.807, 2.05) is 30.3 Å². The molecule has 0 saturated carbocycles. The SMILES string of the molecule is O=C1CCC(N2Cc3cc(-c4nc(N5CCOCC5)cc5ccccc45)ccc3C2=O)C(=O)N1. The molecule has 8 heteroatoms. The molecule has 0 radical (unpaired) electrons. The number of pyridine rings is 1. The average Bonchev–Trinajstić information content (AvgIpc) is 3.19. The van der Waals surface area contributed by atoms with Gasteiger partial charge in [-0.1, -0.05) is 30.3 Å². The lowest BCUT2D eigenvalue weighted by atomic mass is 10.00. The number of hydrogen-bond acceptors (Lipinski definition) is 6. The van der Waals surface area contributed by atoms with Crippen LogP contribution < -0.4 is 10.2 Å². The molecule has 172 valence electrons. The van der Waals surface area contributed by atoms with Crippen molar-refractivity contribution >= 4 is 34.3 Å². The maximum Gasteiger partial charge on any atom is 0.255 e. The van der Waals surface area contributed by atoms with Crippen LogP contribution in [0.4, 0.5) is 5.82 Å². The third kappa shape index (κ3) is 3.51. The van der Waals surface area contributed by atoms with Crippen LogP contribution in [0.15, 0.2) is 48.5 Å². The molecule has 3 aliphatic heterocycles. The fraction of sp³-hybridized carbons (Fsp3) is 0.308. The summed E-state index contributed by atoms with van der Waals surface area (Å²) in [6.07, 6.45) is 0.594. The quantitative estimate of drug-likeness (QED) is 0.609. The number of carbonyl (C=O) groups excluding carboxylic acids is 3. The first kappa shape index (κ1) is 20.8. The van der Waals surface area contributed by atoms with Crippen molar-refractivity contribution in [3.8, 4) is 11.3 Å². The summed E-state index contributed by atoms with van der Waals surface area (Å²) >= 11 is 0. The van der Waals surface area contributed by atoms with Crippen molar-refractivity contribution in [1.29, 1.82) is 0 Å². The van der Waals surface area contributed by atoms with E-state index in [4.69, 9.17) is 9.72 Å². The monoisotopic (exact) mass is 456 g/mol. The zero-order chi connectivity index (χ0) is 23.2. The number of nitrogens with zero attached hydrogens (tertiary/aromatic N) is 3. The van der Waals surface area contributed by atoms with Crippen molar-refractivity contribution in [3.63, 3.8) is 0 Å². The van der Waals surface area contributed by atoms with Gasteiger partial charge in [-0.05, 0) is 35.6 Å². The number of anilines is 1. The number of hydrogen-bond donors (Lipinski definition) is 1. The van der Waals surface area contributed by atoms with E-state index in [1.54, 1.807) is 4.90 Å². The summed E-state index contributed by atoms with van der Waals surface area (Å²) in [6, 6.07) is 15.4. The zero-order valence-electron chi connectivity index (χ0n) is 18.6. The molecule has 4 heterocycles. The van der Waals surface area contributed by atoms with Crippen molar-refractivity contribution in [2.45, 2.75) is 25.4 Å². The predicted octanol–water partition coefficient (Wildman–Crippen LogP) is 2.50. The predicted molar refractivity (Wildman–Crippen MR) is 126 cm³/mol. The van der Waals surface area contributed by atoms with Gasteiger partial charge in [-0.25, -0.2) is 4.98 Å². The highest BCUT2D eigenvalue weighted by Crippen LogP contribution is 2.35. The van der Waals surface area contributed by atoms with E-state index < -0.39 is 11.9 Å². The number of benzene rings is 2. The molecule has 1 N–H and O–H groups in total. The number of amides is 3. The van der Waals surface area contributed by atoms with E-state index in [2.05, 4.69) is 28.4 Å². The smallest absolute Gasteiger partial charge is 0.255 e. The molecule has 2 fully saturated rings. The van der Waals surface area contributed by atoms with Gasteiger partial charge in [0, 0.05) is 42.6 Å². The molecule has 6 rings (SSSR count). The Morgan fingerprint density at radius 1 is 1.00 bits per heavy atom. The van der Waals surface area contributed by atoms with Gasteiger partial charge < -0.3 is 14.5 Å². The number of nitrogens with one attached hydrogen (secondary N) is 1. The molecule has 2 aromatic carbocycles. The molecule has 0 aliphatic carbocycles. The fourth-order valence-electron chi connectivity index (χ4n) is 5.08. The molecular weight excluding hydrogens is 432 g/mol. The van der Waals surface area contributed by atoms with E-state index in [0.29, 0.717) is 31.7 Å². The highest BCUT2D eigenvalue weighted by Gasteiger charge is 2.39. The summed E-state index contributed by atoms with van der Waals surface area (Å²) < 4.78 is 5.50. The van der Waals surface area contributed by atoms with Crippen molar-refractivity contribution in [2.24, 2.45) is 0 Å². The number of carbonyl (C=O) groups is 3. The Kier molecular flexibility index (Phi) is 5.03. The minimum Gasteiger partial charge on any atom is -0.378 e. The van der Waals surface area contributed by atoms with Gasteiger partial charge in [-0.15, -0.1) is 0 Å². The number of aromatic nitrogens is 1. The highest BCUT2D eigenvalue weighted by molar-refractivity contribution is 6.06. The van der Waals surface area contributed by atoms with Crippen molar-refractivity contribution in [2.75, 3.05) is 31.2 Å². The van der Waals surface area contributed by atoms with Gasteiger partial charge in [0.05, 0.1) is 18.9 Å². The molecular formula is C26H24N4O4. The third-order valence-electron chi connectivity index (χ3n) is 6.86. The molecule has 3 aromatic rings. The van der Waals surface area contributed by atoms with Crippen LogP contribution in [-0.4, -0.2) is 60.0 Å². The summed E-state index contributed by atoms with van der Waals surface area (Å²) in [5, 5.41) is 4.51. The molecule has 3 aliphatic rings. The Labute approximate surface area is 196 Å². The van der Waals surface area contributed by atoms with Crippen LogP contribution in [0, 0.1) is 0 Å². The topological polar surface area (TPSA) is 91.8 Å². The molecule has 2 saturated heterocycles. The standard InChI is InChI=1S/C26H24N4O4/c31-23-8-7-21(25(32)28-23)30-15-18-13-17(5-6-20(18)26(30)33)24-19-4-2-1-3-16(19)14-22(27-24)29-9-11-34-12-10-29/h1-6,13-14,21H,7-12,15H2,(H,28,31,32).